The maximum Gasteiger partial charge on any atom is 0.261 e. The lowest BCUT2D eigenvalue weighted by Gasteiger charge is -2.01. The SMILES string of the molecule is O=C(NCCc1cnc[nH]1)c1ccc(Cl)s1. The van der Waals surface area contributed by atoms with Crippen LogP contribution in [0.4, 0.5) is 0 Å². The lowest BCUT2D eigenvalue weighted by Crippen LogP contribution is -2.24. The van der Waals surface area contributed by atoms with E-state index in [-0.39, 0.29) is 5.91 Å². The quantitative estimate of drug-likeness (QED) is 0.879. The fraction of sp³-hybridized carbons (Fsp3) is 0.200. The normalized spacial score (nSPS) is 10.3. The van der Waals surface area contributed by atoms with Crippen molar-refractivity contribution in [3.05, 3.63) is 39.6 Å². The van der Waals surface area contributed by atoms with E-state index in [1.54, 1.807) is 24.7 Å². The van der Waals surface area contributed by atoms with E-state index in [1.807, 2.05) is 0 Å². The van der Waals surface area contributed by atoms with Crippen molar-refractivity contribution in [3.8, 4) is 0 Å². The van der Waals surface area contributed by atoms with Crippen molar-refractivity contribution in [2.45, 2.75) is 6.42 Å². The summed E-state index contributed by atoms with van der Waals surface area (Å²) in [4.78, 5) is 19.1. The molecule has 0 aliphatic carbocycles. The van der Waals surface area contributed by atoms with E-state index in [2.05, 4.69) is 15.3 Å². The van der Waals surface area contributed by atoms with E-state index in [0.29, 0.717) is 15.8 Å². The number of rotatable bonds is 4. The number of aromatic nitrogens is 2. The van der Waals surface area contributed by atoms with Gasteiger partial charge in [0.25, 0.3) is 5.91 Å². The number of hydrogen-bond acceptors (Lipinski definition) is 3. The third-order valence-corrected chi connectivity index (χ3v) is 3.26. The van der Waals surface area contributed by atoms with Crippen LogP contribution in [0.25, 0.3) is 0 Å². The third-order valence-electron chi connectivity index (χ3n) is 2.03. The molecule has 2 rings (SSSR count). The Kier molecular flexibility index (Phi) is 3.58. The van der Waals surface area contributed by atoms with Gasteiger partial charge in [-0.3, -0.25) is 4.79 Å². The van der Waals surface area contributed by atoms with Gasteiger partial charge >= 0.3 is 0 Å². The average molecular weight is 256 g/mol. The number of amides is 1. The second kappa shape index (κ2) is 5.14. The maximum absolute atomic E-state index is 11.6. The summed E-state index contributed by atoms with van der Waals surface area (Å²) >= 11 is 7.02. The van der Waals surface area contributed by atoms with Crippen LogP contribution < -0.4 is 5.32 Å². The summed E-state index contributed by atoms with van der Waals surface area (Å²) in [5.41, 5.74) is 1.00. The first-order valence-electron chi connectivity index (χ1n) is 4.76. The molecule has 1 amide bonds. The van der Waals surface area contributed by atoms with Gasteiger partial charge in [0.05, 0.1) is 15.5 Å². The summed E-state index contributed by atoms with van der Waals surface area (Å²) in [5.74, 6) is -0.0867. The minimum absolute atomic E-state index is 0.0867. The van der Waals surface area contributed by atoms with Gasteiger partial charge in [-0.25, -0.2) is 4.98 Å². The number of thiophene rings is 1. The molecule has 0 bridgehead atoms. The van der Waals surface area contributed by atoms with Gasteiger partial charge in [0.1, 0.15) is 0 Å². The Hall–Kier alpha value is -1.33. The number of hydrogen-bond donors (Lipinski definition) is 2. The summed E-state index contributed by atoms with van der Waals surface area (Å²) in [5, 5.41) is 2.82. The molecule has 2 aromatic rings. The van der Waals surface area contributed by atoms with Crippen molar-refractivity contribution in [1.82, 2.24) is 15.3 Å². The highest BCUT2D eigenvalue weighted by Gasteiger charge is 2.07. The number of halogens is 1. The van der Waals surface area contributed by atoms with E-state index in [1.165, 1.54) is 11.3 Å². The first-order valence-corrected chi connectivity index (χ1v) is 5.96. The van der Waals surface area contributed by atoms with Gasteiger partial charge in [0, 0.05) is 24.9 Å². The number of H-pyrrole nitrogens is 1. The van der Waals surface area contributed by atoms with Crippen molar-refractivity contribution >= 4 is 28.8 Å². The van der Waals surface area contributed by atoms with Gasteiger partial charge in [0.15, 0.2) is 0 Å². The van der Waals surface area contributed by atoms with Gasteiger partial charge < -0.3 is 10.3 Å². The topological polar surface area (TPSA) is 57.8 Å². The van der Waals surface area contributed by atoms with Crippen molar-refractivity contribution in [1.29, 1.82) is 0 Å². The number of aromatic amines is 1. The van der Waals surface area contributed by atoms with E-state index >= 15 is 0 Å². The zero-order chi connectivity index (χ0) is 11.4. The molecule has 84 valence electrons. The zero-order valence-electron chi connectivity index (χ0n) is 8.37. The van der Waals surface area contributed by atoms with Crippen LogP contribution in [-0.4, -0.2) is 22.4 Å². The third kappa shape index (κ3) is 2.84. The molecular formula is C10H10ClN3OS. The van der Waals surface area contributed by atoms with Crippen LogP contribution in [0.1, 0.15) is 15.4 Å². The molecule has 0 aromatic carbocycles. The minimum atomic E-state index is -0.0867. The van der Waals surface area contributed by atoms with Crippen LogP contribution in [-0.2, 0) is 6.42 Å². The first-order chi connectivity index (χ1) is 7.75. The number of imidazole rings is 1. The highest BCUT2D eigenvalue weighted by Crippen LogP contribution is 2.20. The highest BCUT2D eigenvalue weighted by atomic mass is 35.5. The van der Waals surface area contributed by atoms with Gasteiger partial charge in [-0.1, -0.05) is 11.6 Å². The Morgan fingerprint density at radius 2 is 2.44 bits per heavy atom. The van der Waals surface area contributed by atoms with Crippen molar-refractivity contribution in [2.24, 2.45) is 0 Å². The lowest BCUT2D eigenvalue weighted by atomic mass is 10.3. The second-order valence-corrected chi connectivity index (χ2v) is 4.90. The van der Waals surface area contributed by atoms with Crippen molar-refractivity contribution < 1.29 is 4.79 Å². The molecule has 2 aromatic heterocycles. The Morgan fingerprint density at radius 3 is 3.06 bits per heavy atom. The summed E-state index contributed by atoms with van der Waals surface area (Å²) in [6.07, 6.45) is 4.11. The number of carbonyl (C=O) groups is 1. The molecule has 2 heterocycles. The Labute approximate surface area is 102 Å². The number of nitrogens with zero attached hydrogens (tertiary/aromatic N) is 1. The molecule has 0 aliphatic rings. The van der Waals surface area contributed by atoms with E-state index < -0.39 is 0 Å². The van der Waals surface area contributed by atoms with Gasteiger partial charge in [-0.05, 0) is 12.1 Å². The maximum atomic E-state index is 11.6. The molecular weight excluding hydrogens is 246 g/mol. The molecule has 0 atom stereocenters. The summed E-state index contributed by atoms with van der Waals surface area (Å²) in [6.45, 7) is 0.580. The fourth-order valence-electron chi connectivity index (χ4n) is 1.26. The summed E-state index contributed by atoms with van der Waals surface area (Å²) in [6, 6.07) is 3.44. The van der Waals surface area contributed by atoms with Gasteiger partial charge in [-0.2, -0.15) is 0 Å². The number of nitrogens with one attached hydrogen (secondary N) is 2. The van der Waals surface area contributed by atoms with E-state index in [4.69, 9.17) is 11.6 Å². The smallest absolute Gasteiger partial charge is 0.261 e. The standard InChI is InChI=1S/C10H10ClN3OS/c11-9-2-1-8(16-9)10(15)13-4-3-7-5-12-6-14-7/h1-2,5-6H,3-4H2,(H,12,14)(H,13,15). The predicted molar refractivity (Wildman–Crippen MR) is 64.0 cm³/mol. The molecule has 16 heavy (non-hydrogen) atoms. The Morgan fingerprint density at radius 1 is 1.56 bits per heavy atom. The monoisotopic (exact) mass is 255 g/mol. The zero-order valence-corrected chi connectivity index (χ0v) is 9.94. The Balaban J connectivity index is 1.80. The van der Waals surface area contributed by atoms with Crippen molar-refractivity contribution in [2.75, 3.05) is 6.54 Å². The number of carbonyl (C=O) groups excluding carboxylic acids is 1. The predicted octanol–water partition coefficient (Wildman–Crippen LogP) is 2.10. The molecule has 0 fully saturated rings. The minimum Gasteiger partial charge on any atom is -0.351 e. The molecule has 0 saturated heterocycles. The fourth-order valence-corrected chi connectivity index (χ4v) is 2.22. The summed E-state index contributed by atoms with van der Waals surface area (Å²) < 4.78 is 0.624. The molecule has 0 unspecified atom stereocenters. The highest BCUT2D eigenvalue weighted by molar-refractivity contribution is 7.17. The van der Waals surface area contributed by atoms with Crippen LogP contribution in [0.3, 0.4) is 0 Å². The molecule has 0 aliphatic heterocycles. The molecule has 0 spiro atoms. The largest absolute Gasteiger partial charge is 0.351 e. The van der Waals surface area contributed by atoms with Crippen LogP contribution in [0, 0.1) is 0 Å². The molecule has 0 radical (unpaired) electrons. The first kappa shape index (κ1) is 11.2. The van der Waals surface area contributed by atoms with Crippen LogP contribution >= 0.6 is 22.9 Å². The summed E-state index contributed by atoms with van der Waals surface area (Å²) in [7, 11) is 0. The molecule has 2 N–H and O–H groups in total. The van der Waals surface area contributed by atoms with Crippen LogP contribution in [0.15, 0.2) is 24.7 Å². The molecule has 4 nitrogen and oxygen atoms in total. The van der Waals surface area contributed by atoms with Gasteiger partial charge in [0.2, 0.25) is 0 Å². The Bertz CT molecular complexity index is 466. The second-order valence-electron chi connectivity index (χ2n) is 3.19. The lowest BCUT2D eigenvalue weighted by molar-refractivity contribution is 0.0958. The molecule has 6 heteroatoms. The van der Waals surface area contributed by atoms with Crippen LogP contribution in [0.2, 0.25) is 4.34 Å². The molecule has 0 saturated carbocycles. The van der Waals surface area contributed by atoms with Gasteiger partial charge in [-0.15, -0.1) is 11.3 Å². The average Bonchev–Trinajstić information content (AvgIpc) is 2.89. The van der Waals surface area contributed by atoms with Crippen LogP contribution in [0.5, 0.6) is 0 Å². The van der Waals surface area contributed by atoms with Crippen molar-refractivity contribution in [3.63, 3.8) is 0 Å². The van der Waals surface area contributed by atoms with E-state index in [9.17, 15) is 4.79 Å². The van der Waals surface area contributed by atoms with E-state index in [0.717, 1.165) is 12.1 Å².